The van der Waals surface area contributed by atoms with Crippen molar-refractivity contribution in [1.29, 1.82) is 0 Å². The highest BCUT2D eigenvalue weighted by Crippen LogP contribution is 2.35. The van der Waals surface area contributed by atoms with Gasteiger partial charge in [0.25, 0.3) is 0 Å². The van der Waals surface area contributed by atoms with Crippen LogP contribution in [0.5, 0.6) is 0 Å². The van der Waals surface area contributed by atoms with Crippen LogP contribution in [0.25, 0.3) is 0 Å². The lowest BCUT2D eigenvalue weighted by molar-refractivity contribution is -0.0413. The number of hydrogen-bond acceptors (Lipinski definition) is 1. The molecular formula is C14H30O. The Kier molecular flexibility index (Phi) is 13.4. The molecule has 0 heterocycles. The van der Waals surface area contributed by atoms with Crippen molar-refractivity contribution in [3.63, 3.8) is 0 Å². The zero-order chi connectivity index (χ0) is 12.2. The minimum Gasteiger partial charge on any atom is -0.390 e. The molecule has 1 aliphatic rings. The van der Waals surface area contributed by atoms with E-state index in [1.165, 1.54) is 6.42 Å². The molecule has 0 spiro atoms. The van der Waals surface area contributed by atoms with Crippen molar-refractivity contribution in [2.75, 3.05) is 0 Å². The highest BCUT2D eigenvalue weighted by Gasteiger charge is 2.32. The molecule has 0 unspecified atom stereocenters. The van der Waals surface area contributed by atoms with Crippen molar-refractivity contribution in [1.82, 2.24) is 0 Å². The van der Waals surface area contributed by atoms with E-state index in [0.29, 0.717) is 0 Å². The summed E-state index contributed by atoms with van der Waals surface area (Å²) in [7, 11) is 0. The Morgan fingerprint density at radius 3 is 2.00 bits per heavy atom. The van der Waals surface area contributed by atoms with Crippen LogP contribution in [-0.4, -0.2) is 10.7 Å². The van der Waals surface area contributed by atoms with Crippen molar-refractivity contribution in [2.45, 2.75) is 78.7 Å². The van der Waals surface area contributed by atoms with Crippen molar-refractivity contribution in [3.05, 3.63) is 12.2 Å². The molecule has 0 aromatic heterocycles. The average molecular weight is 214 g/mol. The number of hydrogen-bond donors (Lipinski definition) is 1. The van der Waals surface area contributed by atoms with Gasteiger partial charge >= 0.3 is 0 Å². The molecule has 1 fully saturated rings. The van der Waals surface area contributed by atoms with Crippen molar-refractivity contribution in [3.8, 4) is 0 Å². The van der Waals surface area contributed by atoms with E-state index in [2.05, 4.69) is 12.2 Å². The average Bonchev–Trinajstić information content (AvgIpc) is 2.28. The third-order valence-electron chi connectivity index (χ3n) is 2.53. The first kappa shape index (κ1) is 17.1. The van der Waals surface area contributed by atoms with E-state index in [0.717, 1.165) is 32.1 Å². The third kappa shape index (κ3) is 8.68. The zero-order valence-corrected chi connectivity index (χ0v) is 11.3. The molecule has 0 radical (unpaired) electrons. The Hall–Kier alpha value is -0.300. The van der Waals surface area contributed by atoms with Gasteiger partial charge in [-0.15, -0.1) is 0 Å². The fourth-order valence-corrected chi connectivity index (χ4v) is 1.55. The summed E-state index contributed by atoms with van der Waals surface area (Å²) in [5, 5.41) is 9.69. The number of aliphatic hydroxyl groups is 1. The van der Waals surface area contributed by atoms with E-state index >= 15 is 0 Å². The number of unbranched alkanes of at least 4 members (excludes halogenated alkanes) is 1. The third-order valence-corrected chi connectivity index (χ3v) is 2.53. The lowest BCUT2D eigenvalue weighted by Crippen LogP contribution is -2.36. The quantitative estimate of drug-likeness (QED) is 0.531. The van der Waals surface area contributed by atoms with Gasteiger partial charge in [0.05, 0.1) is 5.60 Å². The summed E-state index contributed by atoms with van der Waals surface area (Å²) in [4.78, 5) is 0. The van der Waals surface area contributed by atoms with Crippen LogP contribution in [0.4, 0.5) is 0 Å². The van der Waals surface area contributed by atoms with Gasteiger partial charge in [-0.25, -0.2) is 0 Å². The van der Waals surface area contributed by atoms with Gasteiger partial charge in [-0.2, -0.15) is 0 Å². The molecule has 0 saturated heterocycles. The minimum absolute atomic E-state index is 0.262. The van der Waals surface area contributed by atoms with E-state index in [1.807, 2.05) is 34.6 Å². The smallest absolute Gasteiger partial charge is 0.0648 e. The van der Waals surface area contributed by atoms with Crippen LogP contribution >= 0.6 is 0 Å². The second-order valence-electron chi connectivity index (χ2n) is 3.54. The van der Waals surface area contributed by atoms with E-state index < -0.39 is 0 Å². The molecule has 0 aromatic rings. The van der Waals surface area contributed by atoms with Crippen molar-refractivity contribution >= 4 is 0 Å². The fourth-order valence-electron chi connectivity index (χ4n) is 1.55. The second kappa shape index (κ2) is 11.8. The van der Waals surface area contributed by atoms with Crippen LogP contribution in [0, 0.1) is 0 Å². The van der Waals surface area contributed by atoms with E-state index in [4.69, 9.17) is 0 Å². The molecule has 0 aromatic carbocycles. The van der Waals surface area contributed by atoms with Gasteiger partial charge in [0.15, 0.2) is 0 Å². The van der Waals surface area contributed by atoms with E-state index in [1.54, 1.807) is 0 Å². The maximum Gasteiger partial charge on any atom is 0.0648 e. The summed E-state index contributed by atoms with van der Waals surface area (Å²) in [6, 6.07) is 0. The second-order valence-corrected chi connectivity index (χ2v) is 3.54. The molecule has 1 rings (SSSR count). The van der Waals surface area contributed by atoms with Crippen LogP contribution in [0.2, 0.25) is 0 Å². The van der Waals surface area contributed by atoms with Crippen molar-refractivity contribution in [2.24, 2.45) is 0 Å². The molecule has 92 valence electrons. The summed E-state index contributed by atoms with van der Waals surface area (Å²) in [6.07, 6.45) is 10.8. The molecule has 0 bridgehead atoms. The Morgan fingerprint density at radius 1 is 1.13 bits per heavy atom. The van der Waals surface area contributed by atoms with Crippen LogP contribution in [0.3, 0.4) is 0 Å². The summed E-state index contributed by atoms with van der Waals surface area (Å²) in [6.45, 7) is 10.0. The normalized spacial score (nSPS) is 16.9. The molecule has 15 heavy (non-hydrogen) atoms. The molecule has 1 N–H and O–H groups in total. The Bertz CT molecular complexity index is 134. The van der Waals surface area contributed by atoms with Gasteiger partial charge in [0.2, 0.25) is 0 Å². The highest BCUT2D eigenvalue weighted by molar-refractivity contribution is 4.88. The van der Waals surface area contributed by atoms with Crippen LogP contribution in [-0.2, 0) is 0 Å². The van der Waals surface area contributed by atoms with Crippen LogP contribution in [0.15, 0.2) is 12.2 Å². The maximum absolute atomic E-state index is 9.69. The van der Waals surface area contributed by atoms with Crippen molar-refractivity contribution < 1.29 is 5.11 Å². The molecule has 1 heteroatoms. The summed E-state index contributed by atoms with van der Waals surface area (Å²) in [5.41, 5.74) is -0.262. The van der Waals surface area contributed by atoms with Gasteiger partial charge < -0.3 is 5.11 Å². The van der Waals surface area contributed by atoms with Crippen LogP contribution in [0.1, 0.15) is 73.1 Å². The monoisotopic (exact) mass is 214 g/mol. The largest absolute Gasteiger partial charge is 0.390 e. The Morgan fingerprint density at radius 2 is 1.67 bits per heavy atom. The van der Waals surface area contributed by atoms with Gasteiger partial charge in [0.1, 0.15) is 0 Å². The van der Waals surface area contributed by atoms with Gasteiger partial charge in [-0.05, 0) is 45.4 Å². The summed E-state index contributed by atoms with van der Waals surface area (Å²) < 4.78 is 0. The molecular weight excluding hydrogens is 184 g/mol. The molecule has 1 nitrogen and oxygen atoms in total. The topological polar surface area (TPSA) is 20.2 Å². The van der Waals surface area contributed by atoms with Gasteiger partial charge in [0, 0.05) is 0 Å². The molecule has 0 atom stereocenters. The molecule has 1 saturated carbocycles. The van der Waals surface area contributed by atoms with Gasteiger partial charge in [-0.3, -0.25) is 0 Å². The molecule has 0 aliphatic heterocycles. The first-order valence-electron chi connectivity index (χ1n) is 6.60. The SMILES string of the molecule is C/C=C/CCCC1(O)CCC1.CC.CC. The summed E-state index contributed by atoms with van der Waals surface area (Å²) in [5.74, 6) is 0. The Balaban J connectivity index is 0. The minimum atomic E-state index is -0.262. The standard InChI is InChI=1S/C10H18O.2C2H6/c1-2-3-4-5-7-10(11)8-6-9-10;2*1-2/h2-3,11H,4-9H2,1H3;2*1-2H3/b3-2+;;. The van der Waals surface area contributed by atoms with E-state index in [9.17, 15) is 5.11 Å². The first-order valence-corrected chi connectivity index (χ1v) is 6.60. The summed E-state index contributed by atoms with van der Waals surface area (Å²) >= 11 is 0. The molecule has 0 amide bonds. The predicted molar refractivity (Wildman–Crippen MR) is 70.2 cm³/mol. The number of rotatable bonds is 4. The number of allylic oxidation sites excluding steroid dienone is 2. The maximum atomic E-state index is 9.69. The lowest BCUT2D eigenvalue weighted by Gasteiger charge is -2.36. The van der Waals surface area contributed by atoms with Crippen LogP contribution < -0.4 is 0 Å². The predicted octanol–water partition coefficient (Wildman–Crippen LogP) is 4.70. The lowest BCUT2D eigenvalue weighted by atomic mass is 9.77. The fraction of sp³-hybridized carbons (Fsp3) is 0.857. The van der Waals surface area contributed by atoms with Gasteiger partial charge in [-0.1, -0.05) is 39.8 Å². The Labute approximate surface area is 96.6 Å². The highest BCUT2D eigenvalue weighted by atomic mass is 16.3. The zero-order valence-electron chi connectivity index (χ0n) is 11.3. The molecule has 1 aliphatic carbocycles. The van der Waals surface area contributed by atoms with E-state index in [-0.39, 0.29) is 5.60 Å². The first-order chi connectivity index (χ1) is 7.27.